The van der Waals surface area contributed by atoms with Crippen LogP contribution in [0.3, 0.4) is 0 Å². The summed E-state index contributed by atoms with van der Waals surface area (Å²) < 4.78 is 5.44. The van der Waals surface area contributed by atoms with Crippen LogP contribution in [0, 0.1) is 0 Å². The molecular weight excluding hydrogens is 284 g/mol. The smallest absolute Gasteiger partial charge is 0.327 e. The number of carbonyl (C=O) groups excluding carboxylic acids is 1. The second kappa shape index (κ2) is 8.55. The van der Waals surface area contributed by atoms with E-state index in [1.54, 1.807) is 0 Å². The van der Waals surface area contributed by atoms with E-state index in [2.05, 4.69) is 27.4 Å². The Morgan fingerprint density at radius 2 is 2.20 bits per heavy atom. The van der Waals surface area contributed by atoms with E-state index in [1.807, 2.05) is 0 Å². The zero-order chi connectivity index (χ0) is 15.0. The number of methoxy groups -OCH3 is 1. The van der Waals surface area contributed by atoms with Crippen molar-refractivity contribution in [3.63, 3.8) is 0 Å². The third kappa shape index (κ3) is 4.82. The molecule has 0 aliphatic heterocycles. The molecule has 112 valence electrons. The molecule has 0 aromatic carbocycles. The van der Waals surface area contributed by atoms with E-state index in [-0.39, 0.29) is 11.6 Å². The summed E-state index contributed by atoms with van der Waals surface area (Å²) in [7, 11) is 1.24. The van der Waals surface area contributed by atoms with E-state index in [0.717, 1.165) is 24.2 Å². The lowest BCUT2D eigenvalue weighted by atomic mass is 10.4. The average Bonchev–Trinajstić information content (AvgIpc) is 2.45. The van der Waals surface area contributed by atoms with Gasteiger partial charge in [0.15, 0.2) is 0 Å². The molecule has 1 rings (SSSR count). The zero-order valence-corrected chi connectivity index (χ0v) is 12.4. The van der Waals surface area contributed by atoms with Crippen LogP contribution in [0.2, 0.25) is 5.02 Å². The minimum Gasteiger partial charge on any atom is -0.468 e. The summed E-state index contributed by atoms with van der Waals surface area (Å²) in [6, 6.07) is 0. The van der Waals surface area contributed by atoms with Crippen LogP contribution in [0.5, 0.6) is 0 Å². The molecule has 0 fully saturated rings. The van der Waals surface area contributed by atoms with Gasteiger partial charge in [-0.25, -0.2) is 4.68 Å². The summed E-state index contributed by atoms with van der Waals surface area (Å²) in [5.74, 6) is -0.555. The highest BCUT2D eigenvalue weighted by atomic mass is 35.5. The van der Waals surface area contributed by atoms with Crippen molar-refractivity contribution in [3.05, 3.63) is 21.6 Å². The normalized spacial score (nSPS) is 10.3. The number of hydrogen-bond acceptors (Lipinski definition) is 6. The number of anilines is 1. The summed E-state index contributed by atoms with van der Waals surface area (Å²) in [4.78, 5) is 23.0. The number of aromatic nitrogens is 2. The van der Waals surface area contributed by atoms with Crippen LogP contribution in [0.1, 0.15) is 13.3 Å². The fraction of sp³-hybridized carbons (Fsp3) is 0.583. The maximum Gasteiger partial charge on any atom is 0.327 e. The summed E-state index contributed by atoms with van der Waals surface area (Å²) in [6.45, 7) is 4.15. The van der Waals surface area contributed by atoms with Crippen LogP contribution >= 0.6 is 11.6 Å². The summed E-state index contributed by atoms with van der Waals surface area (Å²) >= 11 is 5.96. The molecule has 2 N–H and O–H groups in total. The molecule has 1 heterocycles. The van der Waals surface area contributed by atoms with Gasteiger partial charge in [-0.15, -0.1) is 0 Å². The van der Waals surface area contributed by atoms with Crippen molar-refractivity contribution in [1.29, 1.82) is 0 Å². The Morgan fingerprint density at radius 1 is 1.45 bits per heavy atom. The number of esters is 1. The molecule has 1 aromatic rings. The van der Waals surface area contributed by atoms with Crippen molar-refractivity contribution in [2.45, 2.75) is 19.9 Å². The number of halogens is 1. The summed E-state index contributed by atoms with van der Waals surface area (Å²) in [5.41, 5.74) is -0.0698. The molecule has 0 bridgehead atoms. The van der Waals surface area contributed by atoms with E-state index >= 15 is 0 Å². The van der Waals surface area contributed by atoms with Gasteiger partial charge < -0.3 is 15.4 Å². The van der Waals surface area contributed by atoms with Crippen molar-refractivity contribution in [1.82, 2.24) is 15.1 Å². The topological polar surface area (TPSA) is 85.2 Å². The van der Waals surface area contributed by atoms with Gasteiger partial charge in [-0.05, 0) is 13.0 Å². The lowest BCUT2D eigenvalue weighted by Crippen LogP contribution is -2.29. The minimum absolute atomic E-state index is 0.0133. The Bertz CT molecular complexity index is 504. The maximum absolute atomic E-state index is 11.9. The molecule has 0 spiro atoms. The molecule has 0 aliphatic carbocycles. The SMILES string of the molecule is CCCNCCNc1cnn(CC(=O)OC)c(=O)c1Cl. The standard InChI is InChI=1S/C12H19ClN4O3/c1-3-4-14-5-6-15-9-7-16-17(8-10(18)20-2)12(19)11(9)13/h7,14-15H,3-6,8H2,1-2H3. The zero-order valence-electron chi connectivity index (χ0n) is 11.6. The summed E-state index contributed by atoms with van der Waals surface area (Å²) in [5, 5.41) is 10.1. The Labute approximate surface area is 122 Å². The predicted molar refractivity (Wildman–Crippen MR) is 77.2 cm³/mol. The fourth-order valence-corrected chi connectivity index (χ4v) is 1.69. The maximum atomic E-state index is 11.9. The Balaban J connectivity index is 2.64. The van der Waals surface area contributed by atoms with Gasteiger partial charge in [0.2, 0.25) is 0 Å². The molecule has 7 nitrogen and oxygen atoms in total. The van der Waals surface area contributed by atoms with Gasteiger partial charge in [0.25, 0.3) is 5.56 Å². The third-order valence-electron chi connectivity index (χ3n) is 2.54. The second-order valence-corrected chi connectivity index (χ2v) is 4.47. The predicted octanol–water partition coefficient (Wildman–Crippen LogP) is 0.481. The van der Waals surface area contributed by atoms with Crippen LogP contribution in [-0.4, -0.2) is 42.5 Å². The first-order valence-corrected chi connectivity index (χ1v) is 6.75. The molecule has 0 aliphatic rings. The molecule has 20 heavy (non-hydrogen) atoms. The molecule has 8 heteroatoms. The van der Waals surface area contributed by atoms with Gasteiger partial charge in [0.1, 0.15) is 11.6 Å². The number of ether oxygens (including phenoxy) is 1. The first-order chi connectivity index (χ1) is 9.60. The number of nitrogens with zero attached hydrogens (tertiary/aromatic N) is 2. The van der Waals surface area contributed by atoms with Crippen LogP contribution in [0.25, 0.3) is 0 Å². The van der Waals surface area contributed by atoms with Crippen LogP contribution in [0.15, 0.2) is 11.0 Å². The molecule has 0 saturated heterocycles. The Kier molecular flexibility index (Phi) is 7.03. The van der Waals surface area contributed by atoms with E-state index in [9.17, 15) is 9.59 Å². The fourth-order valence-electron chi connectivity index (χ4n) is 1.48. The largest absolute Gasteiger partial charge is 0.468 e. The van der Waals surface area contributed by atoms with Gasteiger partial charge >= 0.3 is 5.97 Å². The number of rotatable bonds is 8. The van der Waals surface area contributed by atoms with Crippen molar-refractivity contribution in [2.24, 2.45) is 0 Å². The van der Waals surface area contributed by atoms with Gasteiger partial charge in [0, 0.05) is 13.1 Å². The van der Waals surface area contributed by atoms with Crippen LogP contribution in [0.4, 0.5) is 5.69 Å². The quantitative estimate of drug-likeness (QED) is 0.537. The van der Waals surface area contributed by atoms with E-state index < -0.39 is 11.5 Å². The lowest BCUT2D eigenvalue weighted by molar-refractivity contribution is -0.141. The van der Waals surface area contributed by atoms with Crippen molar-refractivity contribution in [3.8, 4) is 0 Å². The summed E-state index contributed by atoms with van der Waals surface area (Å²) in [6.07, 6.45) is 2.48. The molecule has 0 unspecified atom stereocenters. The van der Waals surface area contributed by atoms with Gasteiger partial charge in [-0.2, -0.15) is 5.10 Å². The molecule has 0 amide bonds. The minimum atomic E-state index is -0.555. The average molecular weight is 303 g/mol. The lowest BCUT2D eigenvalue weighted by Gasteiger charge is -2.10. The monoisotopic (exact) mass is 302 g/mol. The highest BCUT2D eigenvalue weighted by Crippen LogP contribution is 2.14. The number of nitrogens with one attached hydrogen (secondary N) is 2. The van der Waals surface area contributed by atoms with E-state index in [4.69, 9.17) is 11.6 Å². The van der Waals surface area contributed by atoms with Crippen LogP contribution < -0.4 is 16.2 Å². The third-order valence-corrected chi connectivity index (χ3v) is 2.90. The highest BCUT2D eigenvalue weighted by molar-refractivity contribution is 6.32. The van der Waals surface area contributed by atoms with E-state index in [0.29, 0.717) is 12.2 Å². The first-order valence-electron chi connectivity index (χ1n) is 6.37. The molecule has 0 atom stereocenters. The van der Waals surface area contributed by atoms with Gasteiger partial charge in [-0.3, -0.25) is 9.59 Å². The molecule has 1 aromatic heterocycles. The van der Waals surface area contributed by atoms with Crippen molar-refractivity contribution in [2.75, 3.05) is 32.1 Å². The first kappa shape index (κ1) is 16.5. The second-order valence-electron chi connectivity index (χ2n) is 4.09. The Morgan fingerprint density at radius 3 is 2.85 bits per heavy atom. The van der Waals surface area contributed by atoms with Crippen LogP contribution in [-0.2, 0) is 16.1 Å². The molecular formula is C12H19ClN4O3. The van der Waals surface area contributed by atoms with Gasteiger partial charge in [-0.1, -0.05) is 18.5 Å². The number of hydrogen-bond donors (Lipinski definition) is 2. The van der Waals surface area contributed by atoms with Gasteiger partial charge in [0.05, 0.1) is 19.0 Å². The van der Waals surface area contributed by atoms with Crippen molar-refractivity contribution < 1.29 is 9.53 Å². The molecule has 0 saturated carbocycles. The Hall–Kier alpha value is -1.60. The highest BCUT2D eigenvalue weighted by Gasteiger charge is 2.11. The molecule has 0 radical (unpaired) electrons. The van der Waals surface area contributed by atoms with Crippen molar-refractivity contribution >= 4 is 23.3 Å². The number of carbonyl (C=O) groups is 1. The van der Waals surface area contributed by atoms with E-state index in [1.165, 1.54) is 13.3 Å².